The molecule has 1 aromatic rings. The average molecular weight is 243 g/mol. The van der Waals surface area contributed by atoms with E-state index >= 15 is 0 Å². The van der Waals surface area contributed by atoms with Crippen molar-refractivity contribution in [1.29, 1.82) is 0 Å². The highest BCUT2D eigenvalue weighted by molar-refractivity contribution is 7.99. The molecule has 0 aliphatic heterocycles. The number of nitrogens with two attached hydrogens (primary N) is 2. The number of thioether (sulfide) groups is 1. The van der Waals surface area contributed by atoms with E-state index in [9.17, 15) is 4.79 Å². The quantitative estimate of drug-likeness (QED) is 0.703. The fraction of sp³-hybridized carbons (Fsp3) is 0.667. The summed E-state index contributed by atoms with van der Waals surface area (Å²) in [4.78, 5) is 11.1. The molecule has 0 aliphatic rings. The van der Waals surface area contributed by atoms with Gasteiger partial charge in [-0.1, -0.05) is 18.7 Å². The van der Waals surface area contributed by atoms with Crippen LogP contribution in [-0.4, -0.2) is 31.5 Å². The van der Waals surface area contributed by atoms with Crippen molar-refractivity contribution in [3.05, 3.63) is 6.33 Å². The lowest BCUT2D eigenvalue weighted by Crippen LogP contribution is -2.50. The fourth-order valence-electron chi connectivity index (χ4n) is 1.30. The molecule has 4 N–H and O–H groups in total. The maximum atomic E-state index is 11.1. The van der Waals surface area contributed by atoms with Gasteiger partial charge in [0.15, 0.2) is 5.16 Å². The molecule has 0 saturated carbocycles. The van der Waals surface area contributed by atoms with Crippen molar-refractivity contribution in [1.82, 2.24) is 14.8 Å². The molecule has 1 aromatic heterocycles. The van der Waals surface area contributed by atoms with Crippen LogP contribution in [0.25, 0.3) is 0 Å². The van der Waals surface area contributed by atoms with Crippen molar-refractivity contribution in [2.24, 2.45) is 18.5 Å². The molecule has 2 unspecified atom stereocenters. The van der Waals surface area contributed by atoms with Gasteiger partial charge in [-0.25, -0.2) is 0 Å². The van der Waals surface area contributed by atoms with Crippen LogP contribution in [0.3, 0.4) is 0 Å². The molecule has 0 radical (unpaired) electrons. The first kappa shape index (κ1) is 13.0. The largest absolute Gasteiger partial charge is 0.368 e. The molecule has 2 atom stereocenters. The van der Waals surface area contributed by atoms with E-state index in [2.05, 4.69) is 10.2 Å². The van der Waals surface area contributed by atoms with Gasteiger partial charge in [-0.05, 0) is 13.3 Å². The summed E-state index contributed by atoms with van der Waals surface area (Å²) in [5.41, 5.74) is 10.0. The first-order valence-corrected chi connectivity index (χ1v) is 5.80. The molecule has 1 rings (SSSR count). The predicted molar refractivity (Wildman–Crippen MR) is 62.7 cm³/mol. The molecule has 16 heavy (non-hydrogen) atoms. The van der Waals surface area contributed by atoms with Crippen molar-refractivity contribution >= 4 is 17.7 Å². The number of nitrogens with zero attached hydrogens (tertiary/aromatic N) is 3. The van der Waals surface area contributed by atoms with E-state index in [-0.39, 0.29) is 5.25 Å². The highest BCUT2D eigenvalue weighted by Crippen LogP contribution is 2.25. The normalized spacial score (nSPS) is 16.8. The predicted octanol–water partition coefficient (Wildman–Crippen LogP) is -0.111. The highest BCUT2D eigenvalue weighted by Gasteiger charge is 2.28. The molecule has 0 bridgehead atoms. The van der Waals surface area contributed by atoms with E-state index < -0.39 is 11.4 Å². The molecular weight excluding hydrogens is 226 g/mol. The summed E-state index contributed by atoms with van der Waals surface area (Å²) in [6, 6.07) is 0. The van der Waals surface area contributed by atoms with Crippen molar-refractivity contribution in [2.45, 2.75) is 36.2 Å². The van der Waals surface area contributed by atoms with Gasteiger partial charge < -0.3 is 16.0 Å². The van der Waals surface area contributed by atoms with E-state index in [1.165, 1.54) is 11.8 Å². The highest BCUT2D eigenvalue weighted by atomic mass is 32.2. The third-order valence-corrected chi connectivity index (χ3v) is 3.40. The van der Waals surface area contributed by atoms with Crippen molar-refractivity contribution < 1.29 is 4.79 Å². The fourth-order valence-corrected chi connectivity index (χ4v) is 2.40. The molecule has 90 valence electrons. The maximum Gasteiger partial charge on any atom is 0.237 e. The number of hydrogen-bond acceptors (Lipinski definition) is 5. The lowest BCUT2D eigenvalue weighted by Gasteiger charge is -2.23. The minimum Gasteiger partial charge on any atom is -0.368 e. The van der Waals surface area contributed by atoms with Gasteiger partial charge in [-0.2, -0.15) is 0 Å². The minimum atomic E-state index is -0.981. The van der Waals surface area contributed by atoms with Crippen LogP contribution in [0.15, 0.2) is 11.5 Å². The molecule has 6 nitrogen and oxygen atoms in total. The van der Waals surface area contributed by atoms with E-state index in [1.807, 2.05) is 18.5 Å². The number of aromatic nitrogens is 3. The Morgan fingerprint density at radius 2 is 2.38 bits per heavy atom. The summed E-state index contributed by atoms with van der Waals surface area (Å²) in [7, 11) is 1.87. The van der Waals surface area contributed by atoms with Gasteiger partial charge in [0.25, 0.3) is 0 Å². The van der Waals surface area contributed by atoms with Crippen LogP contribution < -0.4 is 11.5 Å². The Labute approximate surface area is 98.8 Å². The summed E-state index contributed by atoms with van der Waals surface area (Å²) in [6.45, 7) is 3.62. The Bertz CT molecular complexity index is 376. The summed E-state index contributed by atoms with van der Waals surface area (Å²) in [5, 5.41) is 8.67. The zero-order valence-electron chi connectivity index (χ0n) is 9.67. The Kier molecular flexibility index (Phi) is 3.93. The van der Waals surface area contributed by atoms with E-state index in [1.54, 1.807) is 13.3 Å². The summed E-state index contributed by atoms with van der Waals surface area (Å²) in [5.74, 6) is -0.488. The first-order valence-electron chi connectivity index (χ1n) is 4.92. The lowest BCUT2D eigenvalue weighted by molar-refractivity contribution is -0.122. The standard InChI is InChI=1S/C9H17N5OS/c1-6(4-9(2,11)7(10)15)16-8-13-12-5-14(8)3/h5-6H,4,11H2,1-3H3,(H2,10,15). The molecule has 7 heteroatoms. The Morgan fingerprint density at radius 3 is 2.81 bits per heavy atom. The van der Waals surface area contributed by atoms with Crippen LogP contribution in [0.4, 0.5) is 0 Å². The number of carbonyl (C=O) groups is 1. The molecule has 0 fully saturated rings. The van der Waals surface area contributed by atoms with Crippen LogP contribution in [0.1, 0.15) is 20.3 Å². The van der Waals surface area contributed by atoms with Crippen molar-refractivity contribution in [3.63, 3.8) is 0 Å². The number of hydrogen-bond donors (Lipinski definition) is 2. The zero-order valence-corrected chi connectivity index (χ0v) is 10.5. The van der Waals surface area contributed by atoms with E-state index in [4.69, 9.17) is 11.5 Å². The number of amides is 1. The lowest BCUT2D eigenvalue weighted by atomic mass is 9.97. The van der Waals surface area contributed by atoms with Crippen molar-refractivity contribution in [2.75, 3.05) is 0 Å². The van der Waals surface area contributed by atoms with Gasteiger partial charge in [0.1, 0.15) is 6.33 Å². The molecule has 0 saturated heterocycles. The third-order valence-electron chi connectivity index (χ3n) is 2.25. The van der Waals surface area contributed by atoms with Crippen LogP contribution in [-0.2, 0) is 11.8 Å². The van der Waals surface area contributed by atoms with Crippen molar-refractivity contribution in [3.8, 4) is 0 Å². The number of aryl methyl sites for hydroxylation is 1. The van der Waals surface area contributed by atoms with Gasteiger partial charge in [0, 0.05) is 12.3 Å². The minimum absolute atomic E-state index is 0.144. The molecular formula is C9H17N5OS. The van der Waals surface area contributed by atoms with Gasteiger partial charge in [-0.3, -0.25) is 4.79 Å². The SMILES string of the molecule is CC(CC(C)(N)C(N)=O)Sc1nncn1C. The number of primary amides is 1. The van der Waals surface area contributed by atoms with E-state index in [0.717, 1.165) is 5.16 Å². The van der Waals surface area contributed by atoms with Gasteiger partial charge in [0.2, 0.25) is 5.91 Å². The molecule has 1 amide bonds. The average Bonchev–Trinajstić information content (AvgIpc) is 2.50. The summed E-state index contributed by atoms with van der Waals surface area (Å²) in [6.07, 6.45) is 2.13. The number of carbonyl (C=O) groups excluding carboxylic acids is 1. The second-order valence-corrected chi connectivity index (χ2v) is 5.54. The monoisotopic (exact) mass is 243 g/mol. The van der Waals surface area contributed by atoms with Gasteiger partial charge in [0.05, 0.1) is 5.54 Å². The molecule has 0 spiro atoms. The second kappa shape index (κ2) is 4.84. The molecule has 1 heterocycles. The molecule has 0 aliphatic carbocycles. The Balaban J connectivity index is 2.58. The van der Waals surface area contributed by atoms with E-state index in [0.29, 0.717) is 6.42 Å². The van der Waals surface area contributed by atoms with Gasteiger partial charge >= 0.3 is 0 Å². The Hall–Kier alpha value is -1.08. The zero-order chi connectivity index (χ0) is 12.3. The van der Waals surface area contributed by atoms with Gasteiger partial charge in [-0.15, -0.1) is 10.2 Å². The summed E-state index contributed by atoms with van der Waals surface area (Å²) >= 11 is 1.52. The van der Waals surface area contributed by atoms with Crippen LogP contribution in [0.2, 0.25) is 0 Å². The number of rotatable bonds is 5. The first-order chi connectivity index (χ1) is 7.33. The topological polar surface area (TPSA) is 99.8 Å². The third kappa shape index (κ3) is 3.21. The molecule has 0 aromatic carbocycles. The summed E-state index contributed by atoms with van der Waals surface area (Å²) < 4.78 is 1.82. The maximum absolute atomic E-state index is 11.1. The second-order valence-electron chi connectivity index (χ2n) is 4.14. The van der Waals surface area contributed by atoms with Crippen LogP contribution in [0, 0.1) is 0 Å². The smallest absolute Gasteiger partial charge is 0.237 e. The van der Waals surface area contributed by atoms with Crippen LogP contribution >= 0.6 is 11.8 Å². The Morgan fingerprint density at radius 1 is 1.75 bits per heavy atom. The van der Waals surface area contributed by atoms with Crippen LogP contribution in [0.5, 0.6) is 0 Å².